The molecule has 1 saturated heterocycles. The van der Waals surface area contributed by atoms with Gasteiger partial charge in [0.2, 0.25) is 0 Å². The molecule has 1 aliphatic heterocycles. The molecule has 18 heavy (non-hydrogen) atoms. The number of hydrogen-bond acceptors (Lipinski definition) is 3. The molecule has 0 aromatic heterocycles. The first-order chi connectivity index (χ1) is 8.50. The van der Waals surface area contributed by atoms with Crippen LogP contribution in [0.3, 0.4) is 0 Å². The zero-order chi connectivity index (χ0) is 13.5. The molecule has 2 amide bonds. The summed E-state index contributed by atoms with van der Waals surface area (Å²) in [5, 5.41) is 0. The Morgan fingerprint density at radius 2 is 1.33 bits per heavy atom. The van der Waals surface area contributed by atoms with Crippen LogP contribution in [-0.2, 0) is 9.47 Å². The van der Waals surface area contributed by atoms with E-state index in [-0.39, 0.29) is 18.2 Å². The van der Waals surface area contributed by atoms with E-state index in [1.54, 1.807) is 0 Å². The van der Waals surface area contributed by atoms with Crippen molar-refractivity contribution in [2.45, 2.75) is 39.9 Å². The fraction of sp³-hybridized carbons (Fsp3) is 0.923. The highest BCUT2D eigenvalue weighted by molar-refractivity contribution is 5.76. The molecule has 1 rings (SSSR count). The van der Waals surface area contributed by atoms with Crippen molar-refractivity contribution in [1.29, 1.82) is 0 Å². The summed E-state index contributed by atoms with van der Waals surface area (Å²) in [5.74, 6) is 0. The molecule has 0 aromatic rings. The molecule has 1 heterocycles. The maximum absolute atomic E-state index is 12.0. The lowest BCUT2D eigenvalue weighted by molar-refractivity contribution is 0.0622. The Morgan fingerprint density at radius 3 is 1.67 bits per heavy atom. The third kappa shape index (κ3) is 5.23. The first-order valence-corrected chi connectivity index (χ1v) is 6.77. The molecule has 0 radical (unpaired) electrons. The van der Waals surface area contributed by atoms with Crippen molar-refractivity contribution in [3.05, 3.63) is 0 Å². The Balaban J connectivity index is 2.20. The van der Waals surface area contributed by atoms with Crippen LogP contribution in [-0.4, -0.2) is 67.4 Å². The maximum Gasteiger partial charge on any atom is 0.320 e. The molecule has 5 nitrogen and oxygen atoms in total. The number of ether oxygens (including phenoxy) is 2. The van der Waals surface area contributed by atoms with Crippen molar-refractivity contribution in [1.82, 2.24) is 9.80 Å². The van der Waals surface area contributed by atoms with Gasteiger partial charge in [-0.3, -0.25) is 0 Å². The molecule has 1 aliphatic rings. The van der Waals surface area contributed by atoms with Crippen LogP contribution in [0.25, 0.3) is 0 Å². The third-order valence-electron chi connectivity index (χ3n) is 2.81. The third-order valence-corrected chi connectivity index (χ3v) is 2.81. The van der Waals surface area contributed by atoms with Crippen LogP contribution in [0.2, 0.25) is 0 Å². The van der Waals surface area contributed by atoms with Gasteiger partial charge in [0.25, 0.3) is 0 Å². The first-order valence-electron chi connectivity index (χ1n) is 6.77. The predicted molar refractivity (Wildman–Crippen MR) is 70.7 cm³/mol. The largest absolute Gasteiger partial charge is 0.377 e. The topological polar surface area (TPSA) is 42.0 Å². The summed E-state index contributed by atoms with van der Waals surface area (Å²) >= 11 is 0. The van der Waals surface area contributed by atoms with E-state index in [4.69, 9.17) is 9.47 Å². The fourth-order valence-corrected chi connectivity index (χ4v) is 1.84. The molecule has 0 atom stereocenters. The Labute approximate surface area is 110 Å². The standard InChI is InChI=1S/C13H26N2O3/c1-11(2)17-9-7-14-5-6-15(13(14)16)8-10-18-12(3)4/h11-12H,5-10H2,1-4H3. The molecule has 0 N–H and O–H groups in total. The molecule has 0 spiro atoms. The van der Waals surface area contributed by atoms with Crippen molar-refractivity contribution < 1.29 is 14.3 Å². The summed E-state index contributed by atoms with van der Waals surface area (Å²) in [4.78, 5) is 15.7. The van der Waals surface area contributed by atoms with E-state index >= 15 is 0 Å². The molecule has 0 bridgehead atoms. The normalized spacial score (nSPS) is 16.4. The van der Waals surface area contributed by atoms with Crippen LogP contribution >= 0.6 is 0 Å². The molecule has 0 unspecified atom stereocenters. The lowest BCUT2D eigenvalue weighted by atomic mass is 10.5. The van der Waals surface area contributed by atoms with E-state index < -0.39 is 0 Å². The number of carbonyl (C=O) groups is 1. The van der Waals surface area contributed by atoms with Crippen LogP contribution in [0.5, 0.6) is 0 Å². The van der Waals surface area contributed by atoms with E-state index in [0.29, 0.717) is 26.3 Å². The zero-order valence-corrected chi connectivity index (χ0v) is 12.0. The highest BCUT2D eigenvalue weighted by Crippen LogP contribution is 2.08. The summed E-state index contributed by atoms with van der Waals surface area (Å²) in [6, 6.07) is 0.106. The van der Waals surface area contributed by atoms with Crippen molar-refractivity contribution in [2.75, 3.05) is 39.4 Å². The Kier molecular flexibility index (Phi) is 6.43. The van der Waals surface area contributed by atoms with Gasteiger partial charge in [-0.25, -0.2) is 4.79 Å². The Hall–Kier alpha value is -0.810. The van der Waals surface area contributed by atoms with Crippen LogP contribution in [0.4, 0.5) is 4.79 Å². The minimum Gasteiger partial charge on any atom is -0.377 e. The number of nitrogens with zero attached hydrogens (tertiary/aromatic N) is 2. The van der Waals surface area contributed by atoms with Crippen molar-refractivity contribution >= 4 is 6.03 Å². The molecule has 5 heteroatoms. The monoisotopic (exact) mass is 258 g/mol. The molecular weight excluding hydrogens is 232 g/mol. The number of hydrogen-bond donors (Lipinski definition) is 0. The van der Waals surface area contributed by atoms with Gasteiger partial charge in [0.05, 0.1) is 25.4 Å². The van der Waals surface area contributed by atoms with Gasteiger partial charge in [-0.2, -0.15) is 0 Å². The summed E-state index contributed by atoms with van der Waals surface area (Å²) in [6.07, 6.45) is 0.441. The average Bonchev–Trinajstić information content (AvgIpc) is 2.60. The fourth-order valence-electron chi connectivity index (χ4n) is 1.84. The maximum atomic E-state index is 12.0. The smallest absolute Gasteiger partial charge is 0.320 e. The second-order valence-corrected chi connectivity index (χ2v) is 5.10. The molecule has 106 valence electrons. The van der Waals surface area contributed by atoms with Gasteiger partial charge in [0.1, 0.15) is 0 Å². The molecule has 0 aliphatic carbocycles. The van der Waals surface area contributed by atoms with Crippen molar-refractivity contribution in [2.24, 2.45) is 0 Å². The minimum absolute atomic E-state index is 0.106. The van der Waals surface area contributed by atoms with Crippen molar-refractivity contribution in [3.8, 4) is 0 Å². The first kappa shape index (κ1) is 15.2. The minimum atomic E-state index is 0.106. The van der Waals surface area contributed by atoms with Gasteiger partial charge in [0, 0.05) is 26.2 Å². The Morgan fingerprint density at radius 1 is 0.944 bits per heavy atom. The summed E-state index contributed by atoms with van der Waals surface area (Å²) in [6.45, 7) is 12.2. The van der Waals surface area contributed by atoms with Gasteiger partial charge >= 0.3 is 6.03 Å². The SMILES string of the molecule is CC(C)OCCN1CCN(CCOC(C)C)C1=O. The van der Waals surface area contributed by atoms with E-state index in [1.807, 2.05) is 37.5 Å². The number of carbonyl (C=O) groups excluding carboxylic acids is 1. The van der Waals surface area contributed by atoms with Gasteiger partial charge < -0.3 is 19.3 Å². The summed E-state index contributed by atoms with van der Waals surface area (Å²) in [5.41, 5.74) is 0. The second-order valence-electron chi connectivity index (χ2n) is 5.10. The number of urea groups is 1. The van der Waals surface area contributed by atoms with Crippen molar-refractivity contribution in [3.63, 3.8) is 0 Å². The van der Waals surface area contributed by atoms with Gasteiger partial charge in [-0.05, 0) is 27.7 Å². The average molecular weight is 258 g/mol. The van der Waals surface area contributed by atoms with Gasteiger partial charge in [-0.15, -0.1) is 0 Å². The molecule has 0 aromatic carbocycles. The Bertz CT molecular complexity index is 233. The summed E-state index contributed by atoms with van der Waals surface area (Å²) < 4.78 is 10.9. The van der Waals surface area contributed by atoms with Crippen LogP contribution in [0.15, 0.2) is 0 Å². The van der Waals surface area contributed by atoms with E-state index in [1.165, 1.54) is 0 Å². The van der Waals surface area contributed by atoms with E-state index in [0.717, 1.165) is 13.1 Å². The van der Waals surface area contributed by atoms with Crippen LogP contribution < -0.4 is 0 Å². The van der Waals surface area contributed by atoms with E-state index in [2.05, 4.69) is 0 Å². The molecule has 1 fully saturated rings. The highest BCUT2D eigenvalue weighted by atomic mass is 16.5. The van der Waals surface area contributed by atoms with Gasteiger partial charge in [-0.1, -0.05) is 0 Å². The lowest BCUT2D eigenvalue weighted by Gasteiger charge is -2.19. The molecular formula is C13H26N2O3. The molecule has 0 saturated carbocycles. The zero-order valence-electron chi connectivity index (χ0n) is 12.0. The highest BCUT2D eigenvalue weighted by Gasteiger charge is 2.27. The van der Waals surface area contributed by atoms with E-state index in [9.17, 15) is 4.79 Å². The van der Waals surface area contributed by atoms with Crippen LogP contribution in [0.1, 0.15) is 27.7 Å². The second kappa shape index (κ2) is 7.59. The summed E-state index contributed by atoms with van der Waals surface area (Å²) in [7, 11) is 0. The van der Waals surface area contributed by atoms with Crippen LogP contribution in [0, 0.1) is 0 Å². The number of rotatable bonds is 8. The number of amides is 2. The predicted octanol–water partition coefficient (Wildman–Crippen LogP) is 1.57. The van der Waals surface area contributed by atoms with Gasteiger partial charge in [0.15, 0.2) is 0 Å². The quantitative estimate of drug-likeness (QED) is 0.663. The lowest BCUT2D eigenvalue weighted by Crippen LogP contribution is -2.36.